The van der Waals surface area contributed by atoms with E-state index in [1.54, 1.807) is 12.1 Å². The van der Waals surface area contributed by atoms with Gasteiger partial charge in [-0.15, -0.1) is 29.3 Å². The summed E-state index contributed by atoms with van der Waals surface area (Å²) >= 11 is 0. The quantitative estimate of drug-likeness (QED) is 0.147. The van der Waals surface area contributed by atoms with Crippen LogP contribution in [-0.4, -0.2) is 25.8 Å². The van der Waals surface area contributed by atoms with Gasteiger partial charge >= 0.3 is 6.18 Å². The van der Waals surface area contributed by atoms with E-state index in [2.05, 4.69) is 185 Å². The van der Waals surface area contributed by atoms with Crippen molar-refractivity contribution in [3.63, 3.8) is 0 Å². The van der Waals surface area contributed by atoms with Crippen LogP contribution in [0.3, 0.4) is 0 Å². The number of phenols is 1. The number of hydrogen-bond donors (Lipinski definition) is 1. The van der Waals surface area contributed by atoms with Crippen LogP contribution in [0.5, 0.6) is 5.75 Å². The first-order valence-electron chi connectivity index (χ1n) is 26.4. The second-order valence-electron chi connectivity index (χ2n) is 25.4. The zero-order chi connectivity index (χ0) is 54.9. The van der Waals surface area contributed by atoms with Crippen LogP contribution < -0.4 is 0 Å². The van der Waals surface area contributed by atoms with Crippen molar-refractivity contribution in [3.8, 4) is 78.6 Å². The maximum absolute atomic E-state index is 14.0. The van der Waals surface area contributed by atoms with Crippen LogP contribution in [0.1, 0.15) is 125 Å². The number of para-hydroxylation sites is 1. The number of phenolic OH excluding ortho intramolecular Hbond substituents is 1. The number of alkyl halides is 3. The van der Waals surface area contributed by atoms with Crippen LogP contribution in [-0.2, 0) is 49.1 Å². The number of nitrogens with zero attached hydrogens (tertiary/aromatic N) is 3. The molecule has 0 amide bonds. The van der Waals surface area contributed by atoms with Crippen molar-refractivity contribution in [2.45, 2.75) is 131 Å². The number of halogens is 3. The Bertz CT molecular complexity index is 3620. The number of rotatable bonds is 9. The maximum Gasteiger partial charge on any atom is 0.394 e. The molecule has 0 atom stereocenters. The maximum atomic E-state index is 14.0. The summed E-state index contributed by atoms with van der Waals surface area (Å²) in [7, 11) is 0. The Hall–Kier alpha value is -6.56. The van der Waals surface area contributed by atoms with E-state index in [-0.39, 0.29) is 54.9 Å². The first-order valence-corrected chi connectivity index (χ1v) is 26.4. The van der Waals surface area contributed by atoms with Crippen molar-refractivity contribution in [1.82, 2.24) is 14.5 Å². The molecule has 0 aliphatic carbocycles. The first-order chi connectivity index (χ1) is 35.5. The summed E-state index contributed by atoms with van der Waals surface area (Å²) in [4.78, 5) is 10.6. The van der Waals surface area contributed by atoms with E-state index in [0.29, 0.717) is 17.0 Å². The summed E-state index contributed by atoms with van der Waals surface area (Å²) in [6.07, 6.45) is -2.64. The zero-order valence-electron chi connectivity index (χ0n) is 47.0. The molecule has 400 valence electrons. The van der Waals surface area contributed by atoms with Gasteiger partial charge in [-0.3, -0.25) is 9.55 Å². The Kier molecular flexibility index (Phi) is 15.2. The third-order valence-electron chi connectivity index (χ3n) is 14.9. The molecule has 4 nitrogen and oxygen atoms in total. The summed E-state index contributed by atoms with van der Waals surface area (Å²) in [6.45, 7) is 28.9. The Morgan fingerprint density at radius 3 is 1.70 bits per heavy atom. The predicted molar refractivity (Wildman–Crippen MR) is 310 cm³/mol. The molecule has 0 unspecified atom stereocenters. The SMILES string of the molecule is CC(C)(C)c1cc(-c2cc(-c3ccc(-c4ccccc4CC(C)(C)C(F)(F)F)cc3)ccn2)[c-]c(-c2cccc3c2nc(-c2cc(C(C)(C)C)cc(C(C)(C)C)c2O)n3-c2ccc(C(C)(C)C)cc2-c2ccccc2)c1.[Pt]. The van der Waals surface area contributed by atoms with Gasteiger partial charge in [0.05, 0.1) is 27.7 Å². The van der Waals surface area contributed by atoms with Gasteiger partial charge in [0.25, 0.3) is 0 Å². The first kappa shape index (κ1) is 56.6. The predicted octanol–water partition coefficient (Wildman–Crippen LogP) is 19.2. The molecule has 0 saturated carbocycles. The minimum atomic E-state index is -4.33. The van der Waals surface area contributed by atoms with Crippen molar-refractivity contribution >= 4 is 11.0 Å². The molecule has 1 N–H and O–H groups in total. The minimum absolute atomic E-state index is 0. The van der Waals surface area contributed by atoms with Crippen molar-refractivity contribution < 1.29 is 39.3 Å². The summed E-state index contributed by atoms with van der Waals surface area (Å²) in [5, 5.41) is 12.6. The van der Waals surface area contributed by atoms with Crippen LogP contribution in [0, 0.1) is 11.5 Å². The molecular formula is C69H71F3N3OPt-. The smallest absolute Gasteiger partial charge is 0.394 e. The van der Waals surface area contributed by atoms with Crippen LogP contribution >= 0.6 is 0 Å². The van der Waals surface area contributed by atoms with Gasteiger partial charge in [-0.25, -0.2) is 4.98 Å². The Balaban J connectivity index is 0.00000784. The number of benzene rings is 7. The van der Waals surface area contributed by atoms with Gasteiger partial charge < -0.3 is 5.11 Å². The van der Waals surface area contributed by atoms with E-state index in [1.807, 2.05) is 54.7 Å². The van der Waals surface area contributed by atoms with Gasteiger partial charge in [0.15, 0.2) is 0 Å². The number of fused-ring (bicyclic) bond motifs is 1. The fourth-order valence-corrected chi connectivity index (χ4v) is 10.0. The molecule has 0 radical (unpaired) electrons. The number of aromatic hydroxyl groups is 1. The average Bonchev–Trinajstić information content (AvgIpc) is 3.78. The van der Waals surface area contributed by atoms with E-state index >= 15 is 0 Å². The Morgan fingerprint density at radius 2 is 1.06 bits per heavy atom. The number of pyridine rings is 1. The number of hydrogen-bond acceptors (Lipinski definition) is 3. The molecule has 9 aromatic rings. The fourth-order valence-electron chi connectivity index (χ4n) is 10.0. The van der Waals surface area contributed by atoms with E-state index in [0.717, 1.165) is 89.2 Å². The Labute approximate surface area is 469 Å². The van der Waals surface area contributed by atoms with Crippen LogP contribution in [0.15, 0.2) is 158 Å². The second kappa shape index (κ2) is 20.7. The minimum Gasteiger partial charge on any atom is -0.507 e. The fraction of sp³-hybridized carbons (Fsp3) is 0.304. The van der Waals surface area contributed by atoms with Gasteiger partial charge in [0.1, 0.15) is 11.6 Å². The van der Waals surface area contributed by atoms with E-state index in [9.17, 15) is 18.3 Å². The molecule has 0 fully saturated rings. The van der Waals surface area contributed by atoms with Crippen molar-refractivity contribution in [2.75, 3.05) is 0 Å². The van der Waals surface area contributed by atoms with Gasteiger partial charge in [-0.05, 0) is 103 Å². The average molecular weight is 1210 g/mol. The van der Waals surface area contributed by atoms with E-state index in [4.69, 9.17) is 9.97 Å². The molecule has 0 bridgehead atoms. The molecule has 77 heavy (non-hydrogen) atoms. The summed E-state index contributed by atoms with van der Waals surface area (Å²) < 4.78 is 44.3. The van der Waals surface area contributed by atoms with E-state index < -0.39 is 11.6 Å². The summed E-state index contributed by atoms with van der Waals surface area (Å²) in [5.74, 6) is 0.851. The van der Waals surface area contributed by atoms with Gasteiger partial charge in [-0.2, -0.15) is 13.2 Å². The van der Waals surface area contributed by atoms with Crippen molar-refractivity contribution in [2.24, 2.45) is 5.41 Å². The summed E-state index contributed by atoms with van der Waals surface area (Å²) in [5.41, 5.74) is 14.4. The molecule has 0 aliphatic rings. The third kappa shape index (κ3) is 11.5. The van der Waals surface area contributed by atoms with Crippen molar-refractivity contribution in [3.05, 3.63) is 192 Å². The molecule has 0 saturated heterocycles. The Morgan fingerprint density at radius 1 is 0.494 bits per heavy atom. The number of aromatic nitrogens is 3. The zero-order valence-corrected chi connectivity index (χ0v) is 49.2. The number of imidazole rings is 1. The van der Waals surface area contributed by atoms with Gasteiger partial charge in [0, 0.05) is 44.1 Å². The molecular weight excluding hydrogens is 1140 g/mol. The molecule has 9 rings (SSSR count). The molecule has 2 aromatic heterocycles. The standard InChI is InChI=1S/C69H71F3N3O.Pt/c1-64(2,3)50-31-32-59(55(39-50)44-21-16-15-17-22-44)75-60-26-20-25-54(61(60)74-63(75)56-40-52(66(7,8)9)41-57(62(56)76)67(10,11)12)48-35-49(37-51(36-48)65(4,5)6)58-38-46(33-34-73-58)43-27-29-45(30-28-43)53-24-19-18-23-47(53)42-68(13,14)69(70,71)72;/h15-34,36-41,76H,42H2,1-14H3;/q-1;. The van der Waals surface area contributed by atoms with Crippen LogP contribution in [0.4, 0.5) is 13.2 Å². The molecule has 7 aromatic carbocycles. The van der Waals surface area contributed by atoms with Crippen LogP contribution in [0.2, 0.25) is 0 Å². The largest absolute Gasteiger partial charge is 0.507 e. The normalized spacial score (nSPS) is 12.7. The van der Waals surface area contributed by atoms with Crippen LogP contribution in [0.25, 0.3) is 83.9 Å². The van der Waals surface area contributed by atoms with E-state index in [1.165, 1.54) is 19.4 Å². The topological polar surface area (TPSA) is 50.9 Å². The second-order valence-corrected chi connectivity index (χ2v) is 25.4. The molecule has 8 heteroatoms. The van der Waals surface area contributed by atoms with Gasteiger partial charge in [-0.1, -0.05) is 217 Å². The van der Waals surface area contributed by atoms with Gasteiger partial charge in [0.2, 0.25) is 0 Å². The molecule has 0 aliphatic heterocycles. The summed E-state index contributed by atoms with van der Waals surface area (Å²) in [6, 6.07) is 55.5. The third-order valence-corrected chi connectivity index (χ3v) is 14.9. The molecule has 2 heterocycles. The molecule has 0 spiro atoms. The monoisotopic (exact) mass is 1210 g/mol. The van der Waals surface area contributed by atoms with Crippen molar-refractivity contribution in [1.29, 1.82) is 0 Å².